The van der Waals surface area contributed by atoms with E-state index in [9.17, 15) is 9.90 Å². The summed E-state index contributed by atoms with van der Waals surface area (Å²) in [6.45, 7) is 2.01. The zero-order chi connectivity index (χ0) is 15.7. The molecule has 22 heavy (non-hydrogen) atoms. The van der Waals surface area contributed by atoms with Gasteiger partial charge in [0.05, 0.1) is 11.4 Å². The second-order valence-corrected chi connectivity index (χ2v) is 5.53. The SMILES string of the molecule is Cc1ccc(-c2cc(C(=O)O)nn2-c2ccc(S)cc2)cc1. The van der Waals surface area contributed by atoms with Crippen molar-refractivity contribution in [1.29, 1.82) is 0 Å². The van der Waals surface area contributed by atoms with E-state index in [4.69, 9.17) is 0 Å². The fourth-order valence-corrected chi connectivity index (χ4v) is 2.36. The number of rotatable bonds is 3. The number of nitrogens with zero attached hydrogens (tertiary/aromatic N) is 2. The van der Waals surface area contributed by atoms with Gasteiger partial charge in [0, 0.05) is 10.5 Å². The van der Waals surface area contributed by atoms with Crippen LogP contribution in [-0.4, -0.2) is 20.9 Å². The minimum atomic E-state index is -1.04. The molecule has 0 spiro atoms. The molecule has 3 rings (SSSR count). The van der Waals surface area contributed by atoms with Gasteiger partial charge in [0.1, 0.15) is 0 Å². The Balaban J connectivity index is 2.17. The highest BCUT2D eigenvalue weighted by atomic mass is 32.1. The summed E-state index contributed by atoms with van der Waals surface area (Å²) < 4.78 is 1.64. The molecular weight excluding hydrogens is 296 g/mol. The summed E-state index contributed by atoms with van der Waals surface area (Å²) in [7, 11) is 0. The smallest absolute Gasteiger partial charge is 0.356 e. The van der Waals surface area contributed by atoms with E-state index >= 15 is 0 Å². The first-order valence-electron chi connectivity index (χ1n) is 6.74. The molecule has 0 radical (unpaired) electrons. The Kier molecular flexibility index (Phi) is 3.73. The van der Waals surface area contributed by atoms with E-state index in [-0.39, 0.29) is 5.69 Å². The highest BCUT2D eigenvalue weighted by molar-refractivity contribution is 7.80. The van der Waals surface area contributed by atoms with Gasteiger partial charge >= 0.3 is 5.97 Å². The lowest BCUT2D eigenvalue weighted by Gasteiger charge is -2.08. The fraction of sp³-hybridized carbons (Fsp3) is 0.0588. The van der Waals surface area contributed by atoms with Gasteiger partial charge in [-0.25, -0.2) is 9.48 Å². The maximum Gasteiger partial charge on any atom is 0.356 e. The standard InChI is InChI=1S/C17H14N2O2S/c1-11-2-4-12(5-3-11)16-10-15(17(20)21)18-19(16)13-6-8-14(22)9-7-13/h2-10,22H,1H3,(H,20,21). The summed E-state index contributed by atoms with van der Waals surface area (Å²) in [5, 5.41) is 13.4. The van der Waals surface area contributed by atoms with Gasteiger partial charge in [0.15, 0.2) is 5.69 Å². The van der Waals surface area contributed by atoms with Crippen molar-refractivity contribution in [3.05, 3.63) is 65.9 Å². The van der Waals surface area contributed by atoms with Crippen molar-refractivity contribution in [1.82, 2.24) is 9.78 Å². The third-order valence-electron chi connectivity index (χ3n) is 3.37. The maximum atomic E-state index is 11.2. The van der Waals surface area contributed by atoms with Crippen molar-refractivity contribution in [2.24, 2.45) is 0 Å². The summed E-state index contributed by atoms with van der Waals surface area (Å²) >= 11 is 4.27. The number of aromatic nitrogens is 2. The summed E-state index contributed by atoms with van der Waals surface area (Å²) in [5.74, 6) is -1.04. The normalized spacial score (nSPS) is 10.6. The highest BCUT2D eigenvalue weighted by Gasteiger charge is 2.15. The summed E-state index contributed by atoms with van der Waals surface area (Å²) in [5.41, 5.74) is 3.61. The Hall–Kier alpha value is -2.53. The van der Waals surface area contributed by atoms with Gasteiger partial charge in [0.25, 0.3) is 0 Å². The van der Waals surface area contributed by atoms with Crippen LogP contribution in [0.2, 0.25) is 0 Å². The molecule has 0 aliphatic heterocycles. The van der Waals surface area contributed by atoms with Crippen molar-refractivity contribution < 1.29 is 9.90 Å². The van der Waals surface area contributed by atoms with E-state index < -0.39 is 5.97 Å². The van der Waals surface area contributed by atoms with Crippen molar-refractivity contribution in [2.75, 3.05) is 0 Å². The summed E-state index contributed by atoms with van der Waals surface area (Å²) in [6, 6.07) is 16.9. The van der Waals surface area contributed by atoms with Crippen molar-refractivity contribution in [3.63, 3.8) is 0 Å². The van der Waals surface area contributed by atoms with Gasteiger partial charge in [-0.15, -0.1) is 12.6 Å². The van der Waals surface area contributed by atoms with Crippen LogP contribution in [0.3, 0.4) is 0 Å². The number of thiol groups is 1. The van der Waals surface area contributed by atoms with Gasteiger partial charge < -0.3 is 5.11 Å². The van der Waals surface area contributed by atoms with Gasteiger partial charge in [-0.1, -0.05) is 29.8 Å². The van der Waals surface area contributed by atoms with Gasteiger partial charge in [-0.2, -0.15) is 5.10 Å². The molecule has 0 amide bonds. The predicted octanol–water partition coefficient (Wildman–Crippen LogP) is 3.83. The van der Waals surface area contributed by atoms with Crippen LogP contribution in [0.25, 0.3) is 16.9 Å². The molecule has 110 valence electrons. The topological polar surface area (TPSA) is 55.1 Å². The van der Waals surface area contributed by atoms with E-state index in [1.165, 1.54) is 0 Å². The quantitative estimate of drug-likeness (QED) is 0.723. The Morgan fingerprint density at radius 3 is 2.32 bits per heavy atom. The molecule has 1 heterocycles. The van der Waals surface area contributed by atoms with Crippen molar-refractivity contribution in [2.45, 2.75) is 11.8 Å². The van der Waals surface area contributed by atoms with Crippen LogP contribution in [0, 0.1) is 6.92 Å². The Morgan fingerprint density at radius 2 is 1.73 bits per heavy atom. The van der Waals surface area contributed by atoms with E-state index in [1.54, 1.807) is 10.7 Å². The monoisotopic (exact) mass is 310 g/mol. The van der Waals surface area contributed by atoms with Crippen LogP contribution in [0.5, 0.6) is 0 Å². The third kappa shape index (κ3) is 2.76. The molecular formula is C17H14N2O2S. The second kappa shape index (κ2) is 5.69. The average Bonchev–Trinajstić information content (AvgIpc) is 2.94. The Bertz CT molecular complexity index is 758. The molecule has 0 bridgehead atoms. The zero-order valence-corrected chi connectivity index (χ0v) is 12.8. The molecule has 0 aliphatic carbocycles. The van der Waals surface area contributed by atoms with Gasteiger partial charge in [-0.05, 0) is 37.3 Å². The number of aromatic carboxylic acids is 1. The molecule has 0 atom stereocenters. The van der Waals surface area contributed by atoms with E-state index in [1.807, 2.05) is 55.5 Å². The molecule has 3 aromatic rings. The number of hydrogen-bond donors (Lipinski definition) is 2. The van der Waals surface area contributed by atoms with Crippen LogP contribution in [0.1, 0.15) is 16.1 Å². The summed E-state index contributed by atoms with van der Waals surface area (Å²) in [4.78, 5) is 12.1. The van der Waals surface area contributed by atoms with Gasteiger partial charge in [-0.3, -0.25) is 0 Å². The molecule has 1 N–H and O–H groups in total. The number of hydrogen-bond acceptors (Lipinski definition) is 3. The van der Waals surface area contributed by atoms with Gasteiger partial charge in [0.2, 0.25) is 0 Å². The first kappa shape index (κ1) is 14.4. The van der Waals surface area contributed by atoms with Crippen molar-refractivity contribution in [3.8, 4) is 16.9 Å². The molecule has 0 saturated heterocycles. The molecule has 0 fully saturated rings. The molecule has 4 nitrogen and oxygen atoms in total. The van der Waals surface area contributed by atoms with Crippen LogP contribution >= 0.6 is 12.6 Å². The van der Waals surface area contributed by atoms with Crippen molar-refractivity contribution >= 4 is 18.6 Å². The molecule has 0 unspecified atom stereocenters. The van der Waals surface area contributed by atoms with E-state index in [0.717, 1.165) is 27.4 Å². The number of aryl methyl sites for hydroxylation is 1. The first-order chi connectivity index (χ1) is 10.5. The van der Waals surface area contributed by atoms with E-state index in [2.05, 4.69) is 17.7 Å². The molecule has 2 aromatic carbocycles. The highest BCUT2D eigenvalue weighted by Crippen LogP contribution is 2.25. The Labute approximate surface area is 133 Å². The van der Waals surface area contributed by atoms with Crippen LogP contribution in [0.4, 0.5) is 0 Å². The van der Waals surface area contributed by atoms with Crippen LogP contribution in [-0.2, 0) is 0 Å². The largest absolute Gasteiger partial charge is 0.476 e. The number of benzene rings is 2. The molecule has 0 saturated carbocycles. The fourth-order valence-electron chi connectivity index (χ4n) is 2.21. The lowest BCUT2D eigenvalue weighted by molar-refractivity contribution is 0.0690. The third-order valence-corrected chi connectivity index (χ3v) is 3.67. The minimum Gasteiger partial charge on any atom is -0.476 e. The lowest BCUT2D eigenvalue weighted by Crippen LogP contribution is -2.02. The Morgan fingerprint density at radius 1 is 1.09 bits per heavy atom. The lowest BCUT2D eigenvalue weighted by atomic mass is 10.1. The minimum absolute atomic E-state index is 0.0190. The van der Waals surface area contributed by atoms with Crippen LogP contribution < -0.4 is 0 Å². The molecule has 0 aliphatic rings. The maximum absolute atomic E-state index is 11.2. The first-order valence-corrected chi connectivity index (χ1v) is 7.19. The molecule has 5 heteroatoms. The predicted molar refractivity (Wildman–Crippen MR) is 87.9 cm³/mol. The number of carboxylic acids is 1. The second-order valence-electron chi connectivity index (χ2n) is 5.01. The van der Waals surface area contributed by atoms with Crippen LogP contribution in [0.15, 0.2) is 59.5 Å². The average molecular weight is 310 g/mol. The summed E-state index contributed by atoms with van der Waals surface area (Å²) in [6.07, 6.45) is 0. The van der Waals surface area contributed by atoms with E-state index in [0.29, 0.717) is 0 Å². The molecule has 1 aromatic heterocycles. The number of carbonyl (C=O) groups is 1. The number of carboxylic acid groups (broad SMARTS) is 1. The zero-order valence-electron chi connectivity index (χ0n) is 11.9.